The Morgan fingerprint density at radius 1 is 1.03 bits per heavy atom. The van der Waals surface area contributed by atoms with E-state index in [0.29, 0.717) is 0 Å². The maximum absolute atomic E-state index is 12.8. The molecule has 0 fully saturated rings. The van der Waals surface area contributed by atoms with E-state index in [0.717, 1.165) is 29.1 Å². The first-order valence-corrected chi connectivity index (χ1v) is 8.11. The van der Waals surface area contributed by atoms with Crippen LogP contribution in [0.15, 0.2) is 48.5 Å². The maximum Gasteiger partial charge on any atom is 0.573 e. The molecule has 0 bridgehead atoms. The summed E-state index contributed by atoms with van der Waals surface area (Å²) in [5.74, 6) is -1.20. The van der Waals surface area contributed by atoms with Crippen molar-refractivity contribution in [3.05, 3.63) is 54.1 Å². The predicted molar refractivity (Wildman–Crippen MR) is 90.0 cm³/mol. The summed E-state index contributed by atoms with van der Waals surface area (Å²) < 4.78 is 78.5. The van der Waals surface area contributed by atoms with Gasteiger partial charge in [-0.3, -0.25) is 4.79 Å². The summed E-state index contributed by atoms with van der Waals surface area (Å²) >= 11 is 0. The van der Waals surface area contributed by atoms with Crippen molar-refractivity contribution in [2.45, 2.75) is 19.1 Å². The first-order chi connectivity index (χ1) is 14.0. The van der Waals surface area contributed by atoms with Gasteiger partial charge in [0.2, 0.25) is 11.7 Å². The van der Waals surface area contributed by atoms with Crippen molar-refractivity contribution in [2.24, 2.45) is 0 Å². The van der Waals surface area contributed by atoms with Gasteiger partial charge < -0.3 is 10.1 Å². The first-order valence-electron chi connectivity index (χ1n) is 8.11. The molecule has 30 heavy (non-hydrogen) atoms. The molecule has 1 amide bonds. The molecule has 158 valence electrons. The van der Waals surface area contributed by atoms with Crippen LogP contribution >= 0.6 is 0 Å². The monoisotopic (exact) mass is 431 g/mol. The van der Waals surface area contributed by atoms with Crippen LogP contribution in [-0.4, -0.2) is 32.5 Å². The molecule has 0 unspecified atom stereocenters. The number of nitrogens with zero attached hydrogens (tertiary/aromatic N) is 4. The van der Waals surface area contributed by atoms with Crippen LogP contribution in [0.5, 0.6) is 5.75 Å². The number of aromatic nitrogens is 4. The summed E-state index contributed by atoms with van der Waals surface area (Å²) in [7, 11) is 0. The highest BCUT2D eigenvalue weighted by Gasteiger charge is 2.31. The van der Waals surface area contributed by atoms with E-state index in [2.05, 4.69) is 25.5 Å². The Balaban J connectivity index is 1.63. The second-order valence-electron chi connectivity index (χ2n) is 5.84. The zero-order chi connectivity index (χ0) is 21.9. The van der Waals surface area contributed by atoms with Gasteiger partial charge in [0.25, 0.3) is 0 Å². The second-order valence-corrected chi connectivity index (χ2v) is 5.84. The third-order valence-corrected chi connectivity index (χ3v) is 3.56. The number of carbonyl (C=O) groups excluding carboxylic acids is 1. The average Bonchev–Trinajstić information content (AvgIpc) is 3.10. The van der Waals surface area contributed by atoms with Crippen LogP contribution < -0.4 is 10.1 Å². The molecule has 0 saturated carbocycles. The number of rotatable bonds is 5. The minimum atomic E-state index is -4.83. The van der Waals surface area contributed by atoms with E-state index in [1.807, 2.05) is 0 Å². The molecule has 0 aliphatic carbocycles. The summed E-state index contributed by atoms with van der Waals surface area (Å²) in [6.07, 6.45) is -9.37. The molecule has 3 rings (SSSR count). The fourth-order valence-electron chi connectivity index (χ4n) is 2.33. The molecule has 0 spiro atoms. The fraction of sp³-hybridized carbons (Fsp3) is 0.176. The number of tetrazole rings is 1. The summed E-state index contributed by atoms with van der Waals surface area (Å²) in [5.41, 5.74) is -0.628. The number of anilines is 1. The minimum absolute atomic E-state index is 0.0664. The van der Waals surface area contributed by atoms with Crippen molar-refractivity contribution in [2.75, 3.05) is 5.32 Å². The van der Waals surface area contributed by atoms with Crippen molar-refractivity contribution in [3.8, 4) is 17.1 Å². The van der Waals surface area contributed by atoms with Crippen molar-refractivity contribution >= 4 is 11.6 Å². The van der Waals surface area contributed by atoms with Gasteiger partial charge in [-0.05, 0) is 41.6 Å². The van der Waals surface area contributed by atoms with E-state index < -0.39 is 36.3 Å². The van der Waals surface area contributed by atoms with E-state index in [4.69, 9.17) is 0 Å². The highest BCUT2D eigenvalue weighted by molar-refractivity contribution is 5.90. The minimum Gasteiger partial charge on any atom is -0.406 e. The molecule has 2 aromatic carbocycles. The fourth-order valence-corrected chi connectivity index (χ4v) is 2.33. The van der Waals surface area contributed by atoms with E-state index >= 15 is 0 Å². The van der Waals surface area contributed by atoms with Gasteiger partial charge in [-0.25, -0.2) is 0 Å². The number of alkyl halides is 6. The topological polar surface area (TPSA) is 81.9 Å². The van der Waals surface area contributed by atoms with Gasteiger partial charge in [0.15, 0.2) is 0 Å². The lowest BCUT2D eigenvalue weighted by Crippen LogP contribution is -2.20. The SMILES string of the molecule is O=C(Cn1nnc(-c2cccc(C(F)(F)F)c2)n1)Nc1ccc(OC(F)(F)F)cc1. The number of carbonyl (C=O) groups is 1. The molecule has 0 aliphatic heterocycles. The van der Waals surface area contributed by atoms with Gasteiger partial charge >= 0.3 is 12.5 Å². The standard InChI is InChI=1S/C17H11F6N5O2/c18-16(19,20)11-3-1-2-10(8-11)15-25-27-28(26-15)9-14(29)24-12-4-6-13(7-5-12)30-17(21,22)23/h1-8H,9H2,(H,24,29). The van der Waals surface area contributed by atoms with Crippen LogP contribution in [-0.2, 0) is 17.5 Å². The number of halogens is 6. The lowest BCUT2D eigenvalue weighted by Gasteiger charge is -2.09. The van der Waals surface area contributed by atoms with E-state index in [-0.39, 0.29) is 17.1 Å². The summed E-state index contributed by atoms with van der Waals surface area (Å²) in [5, 5.41) is 13.5. The van der Waals surface area contributed by atoms with E-state index in [9.17, 15) is 31.1 Å². The van der Waals surface area contributed by atoms with Gasteiger partial charge in [0.05, 0.1) is 5.56 Å². The van der Waals surface area contributed by atoms with Crippen molar-refractivity contribution in [1.29, 1.82) is 0 Å². The zero-order valence-electron chi connectivity index (χ0n) is 14.7. The Hall–Kier alpha value is -3.64. The number of hydrogen-bond donors (Lipinski definition) is 1. The van der Waals surface area contributed by atoms with E-state index in [1.165, 1.54) is 24.3 Å². The van der Waals surface area contributed by atoms with Gasteiger partial charge in [-0.15, -0.1) is 23.4 Å². The molecule has 7 nitrogen and oxygen atoms in total. The summed E-state index contributed by atoms with van der Waals surface area (Å²) in [4.78, 5) is 12.9. The Kier molecular flexibility index (Phi) is 5.62. The van der Waals surface area contributed by atoms with Crippen molar-refractivity contribution in [3.63, 3.8) is 0 Å². The Morgan fingerprint density at radius 2 is 1.73 bits per heavy atom. The summed E-state index contributed by atoms with van der Waals surface area (Å²) in [6.45, 7) is -0.424. The van der Waals surface area contributed by atoms with Gasteiger partial charge in [0, 0.05) is 11.3 Å². The number of amides is 1. The van der Waals surface area contributed by atoms with Crippen molar-refractivity contribution in [1.82, 2.24) is 20.2 Å². The van der Waals surface area contributed by atoms with Gasteiger partial charge in [-0.1, -0.05) is 12.1 Å². The van der Waals surface area contributed by atoms with Crippen LogP contribution in [0.4, 0.5) is 32.0 Å². The third kappa shape index (κ3) is 5.68. The van der Waals surface area contributed by atoms with E-state index in [1.54, 1.807) is 0 Å². The Labute approximate surface area is 164 Å². The molecule has 1 aromatic heterocycles. The number of hydrogen-bond acceptors (Lipinski definition) is 5. The average molecular weight is 431 g/mol. The van der Waals surface area contributed by atoms with Gasteiger partial charge in [0.1, 0.15) is 12.3 Å². The molecule has 3 aromatic rings. The Bertz CT molecular complexity index is 1030. The highest BCUT2D eigenvalue weighted by atomic mass is 19.4. The quantitative estimate of drug-likeness (QED) is 0.620. The first kappa shape index (κ1) is 21.1. The molecular formula is C17H11F6N5O2. The van der Waals surface area contributed by atoms with Crippen LogP contribution in [0.2, 0.25) is 0 Å². The maximum atomic E-state index is 12.8. The zero-order valence-corrected chi connectivity index (χ0v) is 14.7. The van der Waals surface area contributed by atoms with Crippen LogP contribution in [0.25, 0.3) is 11.4 Å². The highest BCUT2D eigenvalue weighted by Crippen LogP contribution is 2.31. The molecule has 1 N–H and O–H groups in total. The number of benzene rings is 2. The smallest absolute Gasteiger partial charge is 0.406 e. The van der Waals surface area contributed by atoms with Crippen molar-refractivity contribution < 1.29 is 35.9 Å². The van der Waals surface area contributed by atoms with Crippen LogP contribution in [0.1, 0.15) is 5.56 Å². The lowest BCUT2D eigenvalue weighted by atomic mass is 10.1. The third-order valence-electron chi connectivity index (χ3n) is 3.56. The number of ether oxygens (including phenoxy) is 1. The Morgan fingerprint density at radius 3 is 2.37 bits per heavy atom. The molecule has 0 aliphatic rings. The summed E-state index contributed by atoms with van der Waals surface area (Å²) in [6, 6.07) is 8.73. The number of nitrogens with one attached hydrogen (secondary N) is 1. The van der Waals surface area contributed by atoms with Crippen LogP contribution in [0, 0.1) is 0 Å². The molecular weight excluding hydrogens is 420 g/mol. The largest absolute Gasteiger partial charge is 0.573 e. The molecule has 0 atom stereocenters. The van der Waals surface area contributed by atoms with Gasteiger partial charge in [-0.2, -0.15) is 18.0 Å². The molecule has 0 saturated heterocycles. The lowest BCUT2D eigenvalue weighted by molar-refractivity contribution is -0.274. The normalized spacial score (nSPS) is 11.9. The molecule has 1 heterocycles. The molecule has 0 radical (unpaired) electrons. The van der Waals surface area contributed by atoms with Crippen LogP contribution in [0.3, 0.4) is 0 Å². The second kappa shape index (κ2) is 8.00. The molecule has 13 heteroatoms. The predicted octanol–water partition coefficient (Wildman–Crippen LogP) is 3.90.